The molecule has 0 amide bonds. The van der Waals surface area contributed by atoms with Gasteiger partial charge in [-0.1, -0.05) is 35.9 Å². The van der Waals surface area contributed by atoms with Crippen LogP contribution in [0.2, 0.25) is 5.02 Å². The first-order valence-corrected chi connectivity index (χ1v) is 6.53. The second-order valence-electron chi connectivity index (χ2n) is 4.43. The molecule has 0 radical (unpaired) electrons. The molecule has 0 aliphatic heterocycles. The van der Waals surface area contributed by atoms with Gasteiger partial charge in [0.25, 0.3) is 0 Å². The number of benzene rings is 2. The molecular weight excluding hydrogens is 258 g/mol. The number of halogens is 1. The van der Waals surface area contributed by atoms with Crippen molar-refractivity contribution in [3.05, 3.63) is 59.2 Å². The third kappa shape index (κ3) is 2.23. The number of rotatable bonds is 3. The Labute approximate surface area is 116 Å². The van der Waals surface area contributed by atoms with Crippen molar-refractivity contribution >= 4 is 22.5 Å². The Morgan fingerprint density at radius 3 is 2.84 bits per heavy atom. The van der Waals surface area contributed by atoms with E-state index in [1.165, 1.54) is 0 Å². The molecule has 0 fully saturated rings. The number of nitrogens with zero attached hydrogens (tertiary/aromatic N) is 2. The van der Waals surface area contributed by atoms with Gasteiger partial charge in [0.05, 0.1) is 22.4 Å². The highest BCUT2D eigenvalue weighted by Crippen LogP contribution is 2.25. The monoisotopic (exact) mass is 271 g/mol. The van der Waals surface area contributed by atoms with E-state index in [4.69, 9.17) is 11.6 Å². The van der Waals surface area contributed by atoms with Crippen molar-refractivity contribution in [1.82, 2.24) is 15.1 Å². The van der Waals surface area contributed by atoms with Crippen LogP contribution in [0.3, 0.4) is 0 Å². The van der Waals surface area contributed by atoms with Crippen LogP contribution in [-0.2, 0) is 6.54 Å². The lowest BCUT2D eigenvalue weighted by Crippen LogP contribution is -2.05. The first-order valence-electron chi connectivity index (χ1n) is 6.16. The molecule has 3 aromatic rings. The quantitative estimate of drug-likeness (QED) is 0.791. The van der Waals surface area contributed by atoms with Crippen molar-refractivity contribution < 1.29 is 0 Å². The standard InChI is InChI=1S/C15H14ClN3/c1-17-9-11-6-7-15(13(16)8-11)19-14-5-3-2-4-12(14)10-18-19/h2-8,10,17H,9H2,1H3. The van der Waals surface area contributed by atoms with E-state index in [9.17, 15) is 0 Å². The highest BCUT2D eigenvalue weighted by Gasteiger charge is 2.08. The van der Waals surface area contributed by atoms with Gasteiger partial charge in [-0.2, -0.15) is 5.10 Å². The summed E-state index contributed by atoms with van der Waals surface area (Å²) in [6.07, 6.45) is 1.85. The molecular formula is C15H14ClN3. The molecule has 1 N–H and O–H groups in total. The lowest BCUT2D eigenvalue weighted by atomic mass is 10.2. The third-order valence-electron chi connectivity index (χ3n) is 3.10. The van der Waals surface area contributed by atoms with Gasteiger partial charge in [-0.05, 0) is 30.8 Å². The second-order valence-corrected chi connectivity index (χ2v) is 4.84. The molecule has 0 saturated heterocycles. The van der Waals surface area contributed by atoms with Gasteiger partial charge in [0.1, 0.15) is 0 Å². The summed E-state index contributed by atoms with van der Waals surface area (Å²) in [5.41, 5.74) is 3.13. The van der Waals surface area contributed by atoms with Gasteiger partial charge in [0.15, 0.2) is 0 Å². The molecule has 4 heteroatoms. The van der Waals surface area contributed by atoms with E-state index in [1.807, 2.05) is 54.3 Å². The molecule has 96 valence electrons. The van der Waals surface area contributed by atoms with Crippen LogP contribution < -0.4 is 5.32 Å². The number of nitrogens with one attached hydrogen (secondary N) is 1. The molecule has 0 unspecified atom stereocenters. The van der Waals surface area contributed by atoms with Gasteiger partial charge in [0, 0.05) is 11.9 Å². The van der Waals surface area contributed by atoms with Crippen molar-refractivity contribution in [3.8, 4) is 5.69 Å². The van der Waals surface area contributed by atoms with Crippen molar-refractivity contribution in [2.45, 2.75) is 6.54 Å². The van der Waals surface area contributed by atoms with Crippen LogP contribution in [0.4, 0.5) is 0 Å². The normalized spacial score (nSPS) is 11.1. The van der Waals surface area contributed by atoms with E-state index in [-0.39, 0.29) is 0 Å². The minimum Gasteiger partial charge on any atom is -0.316 e. The summed E-state index contributed by atoms with van der Waals surface area (Å²) in [6, 6.07) is 14.1. The first kappa shape index (κ1) is 12.2. The summed E-state index contributed by atoms with van der Waals surface area (Å²) in [5.74, 6) is 0. The van der Waals surface area contributed by atoms with E-state index in [0.29, 0.717) is 5.02 Å². The molecule has 0 atom stereocenters. The van der Waals surface area contributed by atoms with Gasteiger partial charge in [-0.3, -0.25) is 0 Å². The first-order chi connectivity index (χ1) is 9.29. The second kappa shape index (κ2) is 5.03. The fourth-order valence-electron chi connectivity index (χ4n) is 2.20. The molecule has 1 heterocycles. The summed E-state index contributed by atoms with van der Waals surface area (Å²) >= 11 is 6.37. The van der Waals surface area contributed by atoms with Crippen LogP contribution in [0.1, 0.15) is 5.56 Å². The maximum absolute atomic E-state index is 6.37. The molecule has 3 nitrogen and oxygen atoms in total. The minimum absolute atomic E-state index is 0.710. The Bertz CT molecular complexity index is 718. The minimum atomic E-state index is 0.710. The molecule has 0 spiro atoms. The maximum atomic E-state index is 6.37. The van der Waals surface area contributed by atoms with Crippen LogP contribution in [-0.4, -0.2) is 16.8 Å². The Morgan fingerprint density at radius 1 is 1.21 bits per heavy atom. The average Bonchev–Trinajstić information content (AvgIpc) is 2.83. The number of para-hydroxylation sites is 1. The SMILES string of the molecule is CNCc1ccc(-n2ncc3ccccc32)c(Cl)c1. The number of aromatic nitrogens is 2. The van der Waals surface area contributed by atoms with Crippen LogP contribution in [0.5, 0.6) is 0 Å². The number of hydrogen-bond donors (Lipinski definition) is 1. The molecule has 3 rings (SSSR count). The number of hydrogen-bond acceptors (Lipinski definition) is 2. The summed E-state index contributed by atoms with van der Waals surface area (Å²) in [6.45, 7) is 0.805. The van der Waals surface area contributed by atoms with E-state index in [0.717, 1.165) is 28.7 Å². The van der Waals surface area contributed by atoms with E-state index < -0.39 is 0 Å². The fourth-order valence-corrected chi connectivity index (χ4v) is 2.48. The Morgan fingerprint density at radius 2 is 2.05 bits per heavy atom. The van der Waals surface area contributed by atoms with Crippen molar-refractivity contribution in [2.24, 2.45) is 0 Å². The van der Waals surface area contributed by atoms with Crippen LogP contribution >= 0.6 is 11.6 Å². The zero-order valence-corrected chi connectivity index (χ0v) is 11.4. The van der Waals surface area contributed by atoms with Gasteiger partial charge in [-0.25, -0.2) is 4.68 Å². The molecule has 0 saturated carbocycles. The van der Waals surface area contributed by atoms with Crippen LogP contribution in [0.15, 0.2) is 48.7 Å². The van der Waals surface area contributed by atoms with E-state index >= 15 is 0 Å². The molecule has 0 aliphatic carbocycles. The van der Waals surface area contributed by atoms with Gasteiger partial charge in [-0.15, -0.1) is 0 Å². The largest absolute Gasteiger partial charge is 0.316 e. The highest BCUT2D eigenvalue weighted by atomic mass is 35.5. The predicted molar refractivity (Wildman–Crippen MR) is 78.8 cm³/mol. The van der Waals surface area contributed by atoms with Crippen LogP contribution in [0.25, 0.3) is 16.6 Å². The fraction of sp³-hybridized carbons (Fsp3) is 0.133. The Balaban J connectivity index is 2.11. The summed E-state index contributed by atoms with van der Waals surface area (Å²) < 4.78 is 1.88. The van der Waals surface area contributed by atoms with Crippen molar-refractivity contribution in [2.75, 3.05) is 7.05 Å². The average molecular weight is 272 g/mol. The molecule has 0 aliphatic rings. The van der Waals surface area contributed by atoms with Gasteiger partial charge >= 0.3 is 0 Å². The maximum Gasteiger partial charge on any atom is 0.0839 e. The van der Waals surface area contributed by atoms with Crippen molar-refractivity contribution in [3.63, 3.8) is 0 Å². The van der Waals surface area contributed by atoms with Crippen LogP contribution in [0, 0.1) is 0 Å². The topological polar surface area (TPSA) is 29.9 Å². The molecule has 0 bridgehead atoms. The molecule has 2 aromatic carbocycles. The highest BCUT2D eigenvalue weighted by molar-refractivity contribution is 6.32. The molecule has 1 aromatic heterocycles. The molecule has 19 heavy (non-hydrogen) atoms. The zero-order valence-electron chi connectivity index (χ0n) is 10.6. The lowest BCUT2D eigenvalue weighted by molar-refractivity contribution is 0.816. The Hall–Kier alpha value is -1.84. The number of fused-ring (bicyclic) bond motifs is 1. The predicted octanol–water partition coefficient (Wildman–Crippen LogP) is 3.40. The summed E-state index contributed by atoms with van der Waals surface area (Å²) in [5, 5.41) is 9.35. The van der Waals surface area contributed by atoms with E-state index in [1.54, 1.807) is 0 Å². The summed E-state index contributed by atoms with van der Waals surface area (Å²) in [4.78, 5) is 0. The van der Waals surface area contributed by atoms with Crippen molar-refractivity contribution in [1.29, 1.82) is 0 Å². The summed E-state index contributed by atoms with van der Waals surface area (Å²) in [7, 11) is 1.92. The Kier molecular flexibility index (Phi) is 3.23. The lowest BCUT2D eigenvalue weighted by Gasteiger charge is -2.08. The third-order valence-corrected chi connectivity index (χ3v) is 3.40. The zero-order chi connectivity index (χ0) is 13.2. The van der Waals surface area contributed by atoms with E-state index in [2.05, 4.69) is 16.5 Å². The smallest absolute Gasteiger partial charge is 0.0839 e. The van der Waals surface area contributed by atoms with Gasteiger partial charge in [0.2, 0.25) is 0 Å². The van der Waals surface area contributed by atoms with Gasteiger partial charge < -0.3 is 5.32 Å².